The van der Waals surface area contributed by atoms with E-state index in [4.69, 9.17) is 14.2 Å². The summed E-state index contributed by atoms with van der Waals surface area (Å²) in [5.41, 5.74) is 1.38. The molecule has 1 aromatic carbocycles. The van der Waals surface area contributed by atoms with Gasteiger partial charge in [0.2, 0.25) is 0 Å². The predicted molar refractivity (Wildman–Crippen MR) is 83.2 cm³/mol. The van der Waals surface area contributed by atoms with E-state index in [0.29, 0.717) is 0 Å². The van der Waals surface area contributed by atoms with Crippen LogP contribution in [0.4, 0.5) is 0 Å². The van der Waals surface area contributed by atoms with Gasteiger partial charge in [-0.05, 0) is 47.3 Å². The molecule has 4 atom stereocenters. The zero-order chi connectivity index (χ0) is 14.9. The molecule has 4 heterocycles. The van der Waals surface area contributed by atoms with Gasteiger partial charge in [-0.25, -0.2) is 0 Å². The molecule has 0 saturated carbocycles. The lowest BCUT2D eigenvalue weighted by molar-refractivity contribution is -0.468. The maximum Gasteiger partial charge on any atom is 0.173 e. The Morgan fingerprint density at radius 3 is 1.90 bits per heavy atom. The standard InChI is InChI=1S/C17H23O3P/c1-14-11-16(3)20-15(2,18-14)12-17(4,19-14)21(16)10-13-8-6-5-7-9-13/h5-9H,10-12H2,1-4H3. The number of hydrogen-bond donors (Lipinski definition) is 0. The lowest BCUT2D eigenvalue weighted by Gasteiger charge is -2.69. The molecule has 4 aliphatic heterocycles. The molecule has 4 saturated heterocycles. The van der Waals surface area contributed by atoms with Crippen LogP contribution in [0.3, 0.4) is 0 Å². The maximum absolute atomic E-state index is 6.44. The van der Waals surface area contributed by atoms with Gasteiger partial charge in [-0.15, -0.1) is 0 Å². The minimum absolute atomic E-state index is 0.127. The van der Waals surface area contributed by atoms with Crippen LogP contribution < -0.4 is 0 Å². The molecule has 0 aromatic heterocycles. The Morgan fingerprint density at radius 1 is 0.857 bits per heavy atom. The zero-order valence-electron chi connectivity index (χ0n) is 13.2. The second-order valence-electron chi connectivity index (χ2n) is 7.35. The third-order valence-electron chi connectivity index (χ3n) is 4.93. The highest BCUT2D eigenvalue weighted by Crippen LogP contribution is 2.77. The van der Waals surface area contributed by atoms with Crippen molar-refractivity contribution >= 4 is 7.92 Å². The smallest absolute Gasteiger partial charge is 0.173 e. The third-order valence-corrected chi connectivity index (χ3v) is 8.39. The fourth-order valence-corrected chi connectivity index (χ4v) is 8.55. The summed E-state index contributed by atoms with van der Waals surface area (Å²) >= 11 is 0. The minimum atomic E-state index is -0.496. The van der Waals surface area contributed by atoms with Crippen LogP contribution >= 0.6 is 7.92 Å². The summed E-state index contributed by atoms with van der Waals surface area (Å²) in [6, 6.07) is 10.7. The van der Waals surface area contributed by atoms with E-state index in [0.717, 1.165) is 19.0 Å². The molecule has 1 aromatic rings. The summed E-state index contributed by atoms with van der Waals surface area (Å²) in [5, 5.41) is -0.254. The van der Waals surface area contributed by atoms with Crippen LogP contribution in [-0.4, -0.2) is 22.3 Å². The minimum Gasteiger partial charge on any atom is -0.339 e. The quantitative estimate of drug-likeness (QED) is 0.758. The molecule has 3 nitrogen and oxygen atoms in total. The van der Waals surface area contributed by atoms with Crippen molar-refractivity contribution in [3.05, 3.63) is 35.9 Å². The fourth-order valence-electron chi connectivity index (χ4n) is 4.74. The normalized spacial score (nSPS) is 51.3. The second-order valence-corrected chi connectivity index (χ2v) is 10.4. The molecule has 0 aliphatic carbocycles. The van der Waals surface area contributed by atoms with E-state index in [2.05, 4.69) is 58.0 Å². The van der Waals surface area contributed by atoms with E-state index in [1.54, 1.807) is 0 Å². The van der Waals surface area contributed by atoms with E-state index in [1.807, 2.05) is 0 Å². The van der Waals surface area contributed by atoms with Gasteiger partial charge >= 0.3 is 0 Å². The first-order chi connectivity index (χ1) is 9.75. The van der Waals surface area contributed by atoms with Crippen molar-refractivity contribution in [1.29, 1.82) is 0 Å². The van der Waals surface area contributed by atoms with E-state index >= 15 is 0 Å². The Labute approximate surface area is 127 Å². The van der Waals surface area contributed by atoms with Gasteiger partial charge in [-0.3, -0.25) is 0 Å². The molecule has 0 radical (unpaired) electrons. The van der Waals surface area contributed by atoms with Crippen LogP contribution in [0.1, 0.15) is 46.1 Å². The lowest BCUT2D eigenvalue weighted by atomic mass is 9.98. The zero-order valence-corrected chi connectivity index (χ0v) is 14.1. The van der Waals surface area contributed by atoms with Gasteiger partial charge in [-0.2, -0.15) is 0 Å². The Balaban J connectivity index is 1.73. The summed E-state index contributed by atoms with van der Waals surface area (Å²) in [6.07, 6.45) is 2.70. The largest absolute Gasteiger partial charge is 0.339 e. The second kappa shape index (κ2) is 4.08. The third kappa shape index (κ3) is 2.09. The average Bonchev–Trinajstić information content (AvgIpc) is 2.31. The molecule has 21 heavy (non-hydrogen) atoms. The van der Waals surface area contributed by atoms with Crippen LogP contribution in [0.5, 0.6) is 0 Å². The summed E-state index contributed by atoms with van der Waals surface area (Å²) in [7, 11) is -0.434. The number of ether oxygens (including phenoxy) is 3. The maximum atomic E-state index is 6.44. The molecule has 0 N–H and O–H groups in total. The number of hydrogen-bond acceptors (Lipinski definition) is 3. The van der Waals surface area contributed by atoms with Crippen molar-refractivity contribution < 1.29 is 14.2 Å². The van der Waals surface area contributed by atoms with Gasteiger partial charge < -0.3 is 14.2 Å². The highest BCUT2D eigenvalue weighted by atomic mass is 31.1. The monoisotopic (exact) mass is 306 g/mol. The van der Waals surface area contributed by atoms with Crippen LogP contribution in [0.15, 0.2) is 30.3 Å². The number of benzene rings is 1. The summed E-state index contributed by atoms with van der Waals surface area (Å²) in [6.45, 7) is 8.67. The molecule has 4 unspecified atom stereocenters. The molecule has 4 bridgehead atoms. The first-order valence-corrected chi connectivity index (χ1v) is 9.19. The Kier molecular flexibility index (Phi) is 2.75. The van der Waals surface area contributed by atoms with Gasteiger partial charge in [0.15, 0.2) is 11.6 Å². The molecule has 114 valence electrons. The van der Waals surface area contributed by atoms with Crippen LogP contribution in [0.25, 0.3) is 0 Å². The molecule has 4 heteroatoms. The van der Waals surface area contributed by atoms with E-state index in [9.17, 15) is 0 Å². The van der Waals surface area contributed by atoms with Crippen LogP contribution in [-0.2, 0) is 20.4 Å². The van der Waals surface area contributed by atoms with E-state index in [-0.39, 0.29) is 10.7 Å². The van der Waals surface area contributed by atoms with Gasteiger partial charge in [0.1, 0.15) is 0 Å². The first-order valence-electron chi connectivity index (χ1n) is 7.67. The Morgan fingerprint density at radius 2 is 1.38 bits per heavy atom. The first kappa shape index (κ1) is 14.1. The van der Waals surface area contributed by atoms with Crippen molar-refractivity contribution in [1.82, 2.24) is 0 Å². The van der Waals surface area contributed by atoms with Gasteiger partial charge in [0, 0.05) is 12.8 Å². The molecule has 5 rings (SSSR count). The number of rotatable bonds is 2. The van der Waals surface area contributed by atoms with Crippen molar-refractivity contribution in [2.75, 3.05) is 0 Å². The average molecular weight is 306 g/mol. The van der Waals surface area contributed by atoms with Crippen LogP contribution in [0, 0.1) is 0 Å². The molecule has 4 fully saturated rings. The van der Waals surface area contributed by atoms with E-state index in [1.165, 1.54) is 5.56 Å². The molecular formula is C17H23O3P. The van der Waals surface area contributed by atoms with Crippen molar-refractivity contribution in [2.45, 2.75) is 69.0 Å². The van der Waals surface area contributed by atoms with Crippen molar-refractivity contribution in [3.8, 4) is 0 Å². The molecule has 0 spiro atoms. The Bertz CT molecular complexity index is 529. The molecular weight excluding hydrogens is 283 g/mol. The van der Waals surface area contributed by atoms with Gasteiger partial charge in [-0.1, -0.05) is 30.3 Å². The SMILES string of the molecule is CC12CC3(C)OC(C)(CC(C)(O1)P3Cc1ccccc1)O2. The summed E-state index contributed by atoms with van der Waals surface area (Å²) < 4.78 is 19.0. The summed E-state index contributed by atoms with van der Waals surface area (Å²) in [5.74, 6) is -0.992. The molecule has 4 aliphatic rings. The topological polar surface area (TPSA) is 27.7 Å². The summed E-state index contributed by atoms with van der Waals surface area (Å²) in [4.78, 5) is 0. The highest BCUT2D eigenvalue weighted by molar-refractivity contribution is 7.59. The van der Waals surface area contributed by atoms with Gasteiger partial charge in [0.25, 0.3) is 0 Å². The predicted octanol–water partition coefficient (Wildman–Crippen LogP) is 4.40. The van der Waals surface area contributed by atoms with Gasteiger partial charge in [0.05, 0.1) is 10.7 Å². The van der Waals surface area contributed by atoms with E-state index < -0.39 is 19.5 Å². The Hall–Kier alpha value is -0.470. The van der Waals surface area contributed by atoms with Crippen molar-refractivity contribution in [3.63, 3.8) is 0 Å². The molecule has 0 amide bonds. The highest BCUT2D eigenvalue weighted by Gasteiger charge is 2.70. The van der Waals surface area contributed by atoms with Crippen molar-refractivity contribution in [2.24, 2.45) is 0 Å². The fraction of sp³-hybridized carbons (Fsp3) is 0.647. The lowest BCUT2D eigenvalue weighted by Crippen LogP contribution is -2.71. The van der Waals surface area contributed by atoms with Crippen LogP contribution in [0.2, 0.25) is 0 Å².